The number of methoxy groups -OCH3 is 1. The predicted octanol–water partition coefficient (Wildman–Crippen LogP) is 2.39. The number of nitrogens with zero attached hydrogens (tertiary/aromatic N) is 2. The van der Waals surface area contributed by atoms with Gasteiger partial charge in [-0.05, 0) is 31.2 Å². The highest BCUT2D eigenvalue weighted by Gasteiger charge is 2.20. The molecular weight excluding hydrogens is 262 g/mol. The molecule has 0 unspecified atom stereocenters. The van der Waals surface area contributed by atoms with Crippen molar-refractivity contribution in [3.63, 3.8) is 0 Å². The Morgan fingerprint density at radius 1 is 1.37 bits per heavy atom. The fourth-order valence-corrected chi connectivity index (χ4v) is 2.85. The van der Waals surface area contributed by atoms with Gasteiger partial charge in [-0.25, -0.2) is 0 Å². The predicted molar refractivity (Wildman–Crippen MR) is 75.6 cm³/mol. The molecule has 3 rings (SSSR count). The zero-order chi connectivity index (χ0) is 13.4. The van der Waals surface area contributed by atoms with Gasteiger partial charge in [-0.2, -0.15) is 5.10 Å². The molecule has 0 atom stereocenters. The van der Waals surface area contributed by atoms with Crippen molar-refractivity contribution in [3.8, 4) is 17.0 Å². The standard InChI is InChI=1S/C14H16ClN3O/c1-18-14(12-3-4-16-8-13(12)17-18)9-5-10(15)7-11(6-9)19-2/h5-7,16H,3-4,8H2,1-2H3. The van der Waals surface area contributed by atoms with E-state index in [2.05, 4.69) is 10.4 Å². The Morgan fingerprint density at radius 2 is 2.21 bits per heavy atom. The minimum absolute atomic E-state index is 0.679. The molecule has 0 amide bonds. The van der Waals surface area contributed by atoms with Crippen molar-refractivity contribution in [2.45, 2.75) is 13.0 Å². The van der Waals surface area contributed by atoms with Gasteiger partial charge < -0.3 is 10.1 Å². The number of nitrogens with one attached hydrogen (secondary N) is 1. The number of halogens is 1. The Hall–Kier alpha value is -1.52. The summed E-state index contributed by atoms with van der Waals surface area (Å²) in [5.74, 6) is 0.770. The summed E-state index contributed by atoms with van der Waals surface area (Å²) in [6.07, 6.45) is 0.993. The van der Waals surface area contributed by atoms with Crippen molar-refractivity contribution in [1.82, 2.24) is 15.1 Å². The molecule has 1 aromatic carbocycles. The van der Waals surface area contributed by atoms with E-state index in [1.165, 1.54) is 5.56 Å². The van der Waals surface area contributed by atoms with Crippen LogP contribution in [-0.2, 0) is 20.0 Å². The molecule has 0 fully saturated rings. The molecule has 0 radical (unpaired) electrons. The van der Waals surface area contributed by atoms with Crippen LogP contribution in [0.15, 0.2) is 18.2 Å². The fraction of sp³-hybridized carbons (Fsp3) is 0.357. The van der Waals surface area contributed by atoms with Crippen LogP contribution in [-0.4, -0.2) is 23.4 Å². The maximum absolute atomic E-state index is 6.16. The largest absolute Gasteiger partial charge is 0.497 e. The molecule has 2 heterocycles. The number of hydrogen-bond donors (Lipinski definition) is 1. The van der Waals surface area contributed by atoms with E-state index in [-0.39, 0.29) is 0 Å². The molecule has 0 spiro atoms. The number of benzene rings is 1. The molecular formula is C14H16ClN3O. The Balaban J connectivity index is 2.16. The van der Waals surface area contributed by atoms with Crippen LogP contribution in [0.25, 0.3) is 11.3 Å². The van der Waals surface area contributed by atoms with E-state index in [0.29, 0.717) is 5.02 Å². The summed E-state index contributed by atoms with van der Waals surface area (Å²) < 4.78 is 7.22. The normalized spacial score (nSPS) is 14.3. The molecule has 0 bridgehead atoms. The zero-order valence-electron chi connectivity index (χ0n) is 11.0. The lowest BCUT2D eigenvalue weighted by molar-refractivity contribution is 0.415. The van der Waals surface area contributed by atoms with Gasteiger partial charge in [0, 0.05) is 29.7 Å². The third-order valence-electron chi connectivity index (χ3n) is 3.45. The van der Waals surface area contributed by atoms with E-state index in [0.717, 1.165) is 42.2 Å². The summed E-state index contributed by atoms with van der Waals surface area (Å²) in [6, 6.07) is 5.78. The first kappa shape index (κ1) is 12.5. The Kier molecular flexibility index (Phi) is 3.21. The van der Waals surface area contributed by atoms with Crippen LogP contribution >= 0.6 is 11.6 Å². The van der Waals surface area contributed by atoms with Gasteiger partial charge in [0.25, 0.3) is 0 Å². The molecule has 1 aromatic heterocycles. The highest BCUT2D eigenvalue weighted by molar-refractivity contribution is 6.31. The monoisotopic (exact) mass is 277 g/mol. The molecule has 0 aliphatic carbocycles. The highest BCUT2D eigenvalue weighted by Crippen LogP contribution is 2.32. The van der Waals surface area contributed by atoms with E-state index in [9.17, 15) is 0 Å². The summed E-state index contributed by atoms with van der Waals surface area (Å²) in [6.45, 7) is 1.82. The Labute approximate surface area is 117 Å². The van der Waals surface area contributed by atoms with Gasteiger partial charge in [0.2, 0.25) is 0 Å². The number of fused-ring (bicyclic) bond motifs is 1. The van der Waals surface area contributed by atoms with E-state index >= 15 is 0 Å². The van der Waals surface area contributed by atoms with Gasteiger partial charge in [-0.3, -0.25) is 4.68 Å². The quantitative estimate of drug-likeness (QED) is 0.916. The van der Waals surface area contributed by atoms with Crippen LogP contribution in [0.4, 0.5) is 0 Å². The van der Waals surface area contributed by atoms with Crippen molar-refractivity contribution in [3.05, 3.63) is 34.5 Å². The molecule has 2 aromatic rings. The molecule has 0 saturated heterocycles. The van der Waals surface area contributed by atoms with E-state index in [1.54, 1.807) is 7.11 Å². The summed E-state index contributed by atoms with van der Waals surface area (Å²) in [5, 5.41) is 8.60. The summed E-state index contributed by atoms with van der Waals surface area (Å²) in [4.78, 5) is 0. The van der Waals surface area contributed by atoms with Crippen LogP contribution in [0.5, 0.6) is 5.75 Å². The lowest BCUT2D eigenvalue weighted by Crippen LogP contribution is -2.23. The van der Waals surface area contributed by atoms with Crippen LogP contribution in [0.2, 0.25) is 5.02 Å². The molecule has 1 aliphatic rings. The average Bonchev–Trinajstić information content (AvgIpc) is 2.73. The second kappa shape index (κ2) is 4.87. The van der Waals surface area contributed by atoms with Gasteiger partial charge in [0.15, 0.2) is 0 Å². The van der Waals surface area contributed by atoms with Crippen LogP contribution < -0.4 is 10.1 Å². The van der Waals surface area contributed by atoms with Crippen molar-refractivity contribution >= 4 is 11.6 Å². The van der Waals surface area contributed by atoms with Crippen molar-refractivity contribution in [1.29, 1.82) is 0 Å². The summed E-state index contributed by atoms with van der Waals surface area (Å²) in [5.41, 5.74) is 4.63. The van der Waals surface area contributed by atoms with E-state index in [1.807, 2.05) is 29.9 Å². The number of rotatable bonds is 2. The first-order chi connectivity index (χ1) is 9.19. The SMILES string of the molecule is COc1cc(Cl)cc(-c2c3c(nn2C)CNCC3)c1. The number of aromatic nitrogens is 2. The van der Waals surface area contributed by atoms with Crippen molar-refractivity contribution in [2.75, 3.05) is 13.7 Å². The van der Waals surface area contributed by atoms with Gasteiger partial charge in [0.1, 0.15) is 5.75 Å². The van der Waals surface area contributed by atoms with Crippen molar-refractivity contribution < 1.29 is 4.74 Å². The van der Waals surface area contributed by atoms with Gasteiger partial charge in [0.05, 0.1) is 18.5 Å². The minimum Gasteiger partial charge on any atom is -0.497 e. The van der Waals surface area contributed by atoms with Crippen molar-refractivity contribution in [2.24, 2.45) is 7.05 Å². The molecule has 0 saturated carbocycles. The van der Waals surface area contributed by atoms with Gasteiger partial charge in [-0.1, -0.05) is 11.6 Å². The average molecular weight is 278 g/mol. The lowest BCUT2D eigenvalue weighted by atomic mass is 10.0. The maximum atomic E-state index is 6.16. The summed E-state index contributed by atoms with van der Waals surface area (Å²) in [7, 11) is 3.62. The third kappa shape index (κ3) is 2.22. The molecule has 5 heteroatoms. The van der Waals surface area contributed by atoms with Gasteiger partial charge in [-0.15, -0.1) is 0 Å². The fourth-order valence-electron chi connectivity index (χ4n) is 2.63. The second-order valence-electron chi connectivity index (χ2n) is 4.70. The first-order valence-corrected chi connectivity index (χ1v) is 6.67. The Morgan fingerprint density at radius 3 is 3.00 bits per heavy atom. The molecule has 1 aliphatic heterocycles. The molecule has 4 nitrogen and oxygen atoms in total. The zero-order valence-corrected chi connectivity index (χ0v) is 11.8. The number of aryl methyl sites for hydroxylation is 1. The summed E-state index contributed by atoms with van der Waals surface area (Å²) >= 11 is 6.16. The number of hydrogen-bond acceptors (Lipinski definition) is 3. The smallest absolute Gasteiger partial charge is 0.121 e. The van der Waals surface area contributed by atoms with Crippen LogP contribution in [0.1, 0.15) is 11.3 Å². The molecule has 1 N–H and O–H groups in total. The second-order valence-corrected chi connectivity index (χ2v) is 5.14. The molecule has 19 heavy (non-hydrogen) atoms. The minimum atomic E-state index is 0.679. The van der Waals surface area contributed by atoms with E-state index in [4.69, 9.17) is 16.3 Å². The first-order valence-electron chi connectivity index (χ1n) is 6.29. The third-order valence-corrected chi connectivity index (χ3v) is 3.67. The topological polar surface area (TPSA) is 39.1 Å². The Bertz CT molecular complexity index is 621. The van der Waals surface area contributed by atoms with Crippen LogP contribution in [0.3, 0.4) is 0 Å². The van der Waals surface area contributed by atoms with Gasteiger partial charge >= 0.3 is 0 Å². The highest BCUT2D eigenvalue weighted by atomic mass is 35.5. The maximum Gasteiger partial charge on any atom is 0.121 e. The van der Waals surface area contributed by atoms with E-state index < -0.39 is 0 Å². The number of ether oxygens (including phenoxy) is 1. The van der Waals surface area contributed by atoms with Crippen LogP contribution in [0, 0.1) is 0 Å². The lowest BCUT2D eigenvalue weighted by Gasteiger charge is -2.13. The molecule has 100 valence electrons.